The molecule has 5 rings (SSSR count). The van der Waals surface area contributed by atoms with E-state index in [1.165, 1.54) is 24.3 Å². The summed E-state index contributed by atoms with van der Waals surface area (Å²) in [4.78, 5) is 17.1. The molecular weight excluding hydrogens is 539 g/mol. The van der Waals surface area contributed by atoms with E-state index >= 15 is 0 Å². The number of rotatable bonds is 5. The molecule has 2 aromatic carbocycles. The third-order valence-corrected chi connectivity index (χ3v) is 10.4. The molecule has 212 valence electrons. The summed E-state index contributed by atoms with van der Waals surface area (Å²) < 4.78 is 92.4. The molecule has 39 heavy (non-hydrogen) atoms. The van der Waals surface area contributed by atoms with Crippen molar-refractivity contribution >= 4 is 15.7 Å². The van der Waals surface area contributed by atoms with Gasteiger partial charge in [-0.25, -0.2) is 17.2 Å². The van der Waals surface area contributed by atoms with Crippen molar-refractivity contribution in [1.82, 2.24) is 9.80 Å². The Bertz CT molecular complexity index is 1350. The normalized spacial score (nSPS) is 26.5. The molecule has 0 bridgehead atoms. The molecule has 0 spiro atoms. The Balaban J connectivity index is 1.48. The van der Waals surface area contributed by atoms with Crippen LogP contribution in [0.5, 0.6) is 0 Å². The second-order valence-electron chi connectivity index (χ2n) is 11.2. The Hall–Kier alpha value is -2.53. The zero-order chi connectivity index (χ0) is 28.2. The first-order valence-electron chi connectivity index (χ1n) is 13.1. The second-order valence-corrected chi connectivity index (χ2v) is 13.5. The van der Waals surface area contributed by atoms with Gasteiger partial charge in [0.2, 0.25) is 11.6 Å². The lowest BCUT2D eigenvalue weighted by molar-refractivity contribution is -0.228. The monoisotopic (exact) mass is 570 g/mol. The topological polar surface area (TPSA) is 57.7 Å². The van der Waals surface area contributed by atoms with E-state index in [2.05, 4.69) is 0 Å². The molecule has 3 aliphatic rings. The molecule has 0 N–H and O–H groups in total. The minimum atomic E-state index is -5.06. The van der Waals surface area contributed by atoms with Crippen molar-refractivity contribution in [3.8, 4) is 0 Å². The molecule has 2 aliphatic heterocycles. The first-order chi connectivity index (χ1) is 18.2. The van der Waals surface area contributed by atoms with Crippen LogP contribution in [0, 0.1) is 5.82 Å². The number of likely N-dealkylation sites (tertiary alicyclic amines) is 1. The van der Waals surface area contributed by atoms with Gasteiger partial charge in [0.05, 0.1) is 18.1 Å². The van der Waals surface area contributed by atoms with Crippen LogP contribution < -0.4 is 0 Å². The third kappa shape index (κ3) is 5.19. The quantitative estimate of drug-likeness (QED) is 0.503. The number of fused-ring (bicyclic) bond motifs is 3. The number of carbonyl (C=O) groups excluding carboxylic acids is 1. The van der Waals surface area contributed by atoms with Crippen LogP contribution in [0.3, 0.4) is 0 Å². The van der Waals surface area contributed by atoms with Crippen LogP contribution in [0.15, 0.2) is 42.5 Å². The van der Waals surface area contributed by atoms with Gasteiger partial charge in [-0.05, 0) is 67.0 Å². The van der Waals surface area contributed by atoms with Gasteiger partial charge in [-0.3, -0.25) is 9.69 Å². The molecule has 3 atom stereocenters. The maximum Gasteiger partial charge on any atom is 0.426 e. The van der Waals surface area contributed by atoms with E-state index in [0.29, 0.717) is 57.8 Å². The smallest absolute Gasteiger partial charge is 0.338 e. The van der Waals surface area contributed by atoms with E-state index in [0.717, 1.165) is 11.1 Å². The van der Waals surface area contributed by atoms with E-state index in [1.54, 1.807) is 18.2 Å². The molecule has 1 aliphatic carbocycles. The number of halogens is 5. The van der Waals surface area contributed by atoms with Crippen LogP contribution >= 0.6 is 0 Å². The van der Waals surface area contributed by atoms with Gasteiger partial charge in [0.1, 0.15) is 5.82 Å². The summed E-state index contributed by atoms with van der Waals surface area (Å²) in [6.45, 7) is 1.63. The zero-order valence-electron chi connectivity index (χ0n) is 21.6. The van der Waals surface area contributed by atoms with Gasteiger partial charge >= 0.3 is 6.18 Å². The van der Waals surface area contributed by atoms with Crippen molar-refractivity contribution < 1.29 is 35.2 Å². The lowest BCUT2D eigenvalue weighted by Gasteiger charge is -2.44. The summed E-state index contributed by atoms with van der Waals surface area (Å²) in [5.74, 6) is -0.477. The summed E-state index contributed by atoms with van der Waals surface area (Å²) in [6.07, 6.45) is -3.18. The summed E-state index contributed by atoms with van der Waals surface area (Å²) in [7, 11) is -3.08. The van der Waals surface area contributed by atoms with Gasteiger partial charge in [0.25, 0.3) is 0 Å². The predicted octanol–water partition coefficient (Wildman–Crippen LogP) is 4.33. The van der Waals surface area contributed by atoms with Crippen LogP contribution in [0.25, 0.3) is 0 Å². The Labute approximate surface area is 224 Å². The number of hydrogen-bond acceptors (Lipinski definition) is 4. The molecule has 2 saturated heterocycles. The van der Waals surface area contributed by atoms with Gasteiger partial charge in [0.15, 0.2) is 9.84 Å². The van der Waals surface area contributed by atoms with Gasteiger partial charge in [-0.15, -0.1) is 0 Å². The van der Waals surface area contributed by atoms with Gasteiger partial charge < -0.3 is 4.90 Å². The SMILES string of the molecule is CC(F)(c1ccc2c(c1)CC[C@H]1N(C(=O)CN3CCS(=O)(=O)CC3)CC[C@@]21Cc1ccc(F)cc1)C(F)(F)F. The van der Waals surface area contributed by atoms with Gasteiger partial charge in [-0.1, -0.05) is 30.3 Å². The van der Waals surface area contributed by atoms with Crippen molar-refractivity contribution in [2.45, 2.75) is 55.9 Å². The molecule has 1 unspecified atom stereocenters. The zero-order valence-corrected chi connectivity index (χ0v) is 22.4. The van der Waals surface area contributed by atoms with Crippen LogP contribution in [0.4, 0.5) is 22.0 Å². The molecule has 2 heterocycles. The van der Waals surface area contributed by atoms with Crippen LogP contribution in [-0.2, 0) is 38.6 Å². The average Bonchev–Trinajstić information content (AvgIpc) is 3.25. The van der Waals surface area contributed by atoms with Crippen LogP contribution in [-0.4, -0.2) is 74.0 Å². The Morgan fingerprint density at radius 1 is 1.03 bits per heavy atom. The first kappa shape index (κ1) is 28.0. The maximum atomic E-state index is 14.8. The van der Waals surface area contributed by atoms with Crippen molar-refractivity contribution in [3.05, 3.63) is 70.5 Å². The lowest BCUT2D eigenvalue weighted by Crippen LogP contribution is -2.52. The molecule has 11 heteroatoms. The molecule has 0 radical (unpaired) electrons. The number of sulfone groups is 1. The third-order valence-electron chi connectivity index (χ3n) is 8.77. The molecule has 0 saturated carbocycles. The molecule has 2 aromatic rings. The highest BCUT2D eigenvalue weighted by molar-refractivity contribution is 7.91. The largest absolute Gasteiger partial charge is 0.426 e. The fourth-order valence-corrected chi connectivity index (χ4v) is 7.75. The molecular formula is C28H31F5N2O3S. The second kappa shape index (κ2) is 9.83. The van der Waals surface area contributed by atoms with E-state index in [4.69, 9.17) is 0 Å². The summed E-state index contributed by atoms with van der Waals surface area (Å²) in [5, 5.41) is 0. The molecule has 2 fully saturated rings. The number of nitrogens with zero attached hydrogens (tertiary/aromatic N) is 2. The van der Waals surface area contributed by atoms with Crippen molar-refractivity contribution in [2.75, 3.05) is 37.7 Å². The number of carbonyl (C=O) groups is 1. The van der Waals surface area contributed by atoms with E-state index in [9.17, 15) is 35.2 Å². The minimum absolute atomic E-state index is 0.0132. The van der Waals surface area contributed by atoms with Gasteiger partial charge in [-0.2, -0.15) is 13.2 Å². The van der Waals surface area contributed by atoms with Gasteiger partial charge in [0, 0.05) is 31.1 Å². The van der Waals surface area contributed by atoms with Crippen molar-refractivity contribution in [1.29, 1.82) is 0 Å². The molecule has 0 aromatic heterocycles. The number of hydrogen-bond donors (Lipinski definition) is 0. The van der Waals surface area contributed by atoms with E-state index in [1.807, 2.05) is 9.80 Å². The highest BCUT2D eigenvalue weighted by Gasteiger charge is 2.55. The highest BCUT2D eigenvalue weighted by atomic mass is 32.2. The van der Waals surface area contributed by atoms with Crippen molar-refractivity contribution in [3.63, 3.8) is 0 Å². The summed E-state index contributed by atoms with van der Waals surface area (Å²) in [5.41, 5.74) is -2.31. The average molecular weight is 571 g/mol. The predicted molar refractivity (Wildman–Crippen MR) is 136 cm³/mol. The standard InChI is InChI=1S/C28H31F5N2O3S/c1-26(30,28(31,32)33)21-5-8-23-20(16-21)4-9-24-27(23,17-19-2-6-22(29)7-3-19)10-11-35(24)25(36)18-34-12-14-39(37,38)15-13-34/h2-3,5-8,16,24H,4,9-15,17-18H2,1H3/t24-,26?,27-/m1/s1. The fraction of sp³-hybridized carbons (Fsp3) is 0.536. The number of amides is 1. The number of aryl methyl sites for hydroxylation is 1. The fourth-order valence-electron chi connectivity index (χ4n) is 6.48. The van der Waals surface area contributed by atoms with Crippen LogP contribution in [0.1, 0.15) is 42.0 Å². The molecule has 5 nitrogen and oxygen atoms in total. The molecule has 1 amide bonds. The first-order valence-corrected chi connectivity index (χ1v) is 14.9. The Morgan fingerprint density at radius 3 is 2.33 bits per heavy atom. The number of benzene rings is 2. The lowest BCUT2D eigenvalue weighted by atomic mass is 9.63. The Kier molecular flexibility index (Phi) is 7.06. The highest BCUT2D eigenvalue weighted by Crippen LogP contribution is 2.51. The maximum absolute atomic E-state index is 14.8. The van der Waals surface area contributed by atoms with Crippen molar-refractivity contribution in [2.24, 2.45) is 0 Å². The van der Waals surface area contributed by atoms with E-state index < -0.39 is 32.7 Å². The van der Waals surface area contributed by atoms with Crippen LogP contribution in [0.2, 0.25) is 0 Å². The number of alkyl halides is 4. The Morgan fingerprint density at radius 2 is 1.69 bits per heavy atom. The summed E-state index contributed by atoms with van der Waals surface area (Å²) in [6, 6.07) is 9.88. The summed E-state index contributed by atoms with van der Waals surface area (Å²) >= 11 is 0. The minimum Gasteiger partial charge on any atom is -0.338 e. The van der Waals surface area contributed by atoms with E-state index in [-0.39, 0.29) is 35.8 Å².